The molecule has 1 aromatic carbocycles. The van der Waals surface area contributed by atoms with Gasteiger partial charge in [0, 0.05) is 11.4 Å². The fourth-order valence-corrected chi connectivity index (χ4v) is 2.11. The van der Waals surface area contributed by atoms with E-state index in [4.69, 9.17) is 11.0 Å². The number of hydrogen-bond acceptors (Lipinski definition) is 2. The fraction of sp³-hybridized carbons (Fsp3) is 0.214. The first-order valence-electron chi connectivity index (χ1n) is 5.82. The van der Waals surface area contributed by atoms with Crippen molar-refractivity contribution >= 4 is 5.82 Å². The lowest BCUT2D eigenvalue weighted by Crippen LogP contribution is -2.06. The maximum atomic E-state index is 12.5. The molecule has 0 saturated carbocycles. The number of nitrogens with zero attached hydrogens (tertiary/aromatic N) is 2. The zero-order valence-corrected chi connectivity index (χ0v) is 10.9. The number of aromatic nitrogens is 1. The van der Waals surface area contributed by atoms with Crippen LogP contribution in [-0.4, -0.2) is 4.57 Å². The first-order chi connectivity index (χ1) is 9.27. The van der Waals surface area contributed by atoms with Crippen LogP contribution in [0, 0.1) is 25.2 Å². The second-order valence-electron chi connectivity index (χ2n) is 4.46. The smallest absolute Gasteiger partial charge is 0.384 e. The van der Waals surface area contributed by atoms with Gasteiger partial charge >= 0.3 is 6.18 Å². The van der Waals surface area contributed by atoms with E-state index in [1.54, 1.807) is 18.4 Å². The van der Waals surface area contributed by atoms with Gasteiger partial charge in [0.1, 0.15) is 11.9 Å². The Kier molecular flexibility index (Phi) is 3.22. The van der Waals surface area contributed by atoms with E-state index in [9.17, 15) is 13.2 Å². The van der Waals surface area contributed by atoms with Crippen molar-refractivity contribution in [1.82, 2.24) is 4.57 Å². The standard InChI is InChI=1S/C14H12F3N3/c1-8-9(2)20(13(19)12(8)7-18)11-5-3-10(4-6-11)14(15,16)17/h3-6H,19H2,1-2H3. The third-order valence-electron chi connectivity index (χ3n) is 3.31. The van der Waals surface area contributed by atoms with Crippen molar-refractivity contribution in [3.63, 3.8) is 0 Å². The number of halogens is 3. The van der Waals surface area contributed by atoms with Crippen LogP contribution in [-0.2, 0) is 6.18 Å². The van der Waals surface area contributed by atoms with Crippen LogP contribution in [0.5, 0.6) is 0 Å². The number of alkyl halides is 3. The van der Waals surface area contributed by atoms with Gasteiger partial charge in [-0.2, -0.15) is 18.4 Å². The molecule has 0 bridgehead atoms. The van der Waals surface area contributed by atoms with Gasteiger partial charge in [0.2, 0.25) is 0 Å². The summed E-state index contributed by atoms with van der Waals surface area (Å²) in [5, 5.41) is 9.04. The van der Waals surface area contributed by atoms with Crippen molar-refractivity contribution in [2.75, 3.05) is 5.73 Å². The van der Waals surface area contributed by atoms with Gasteiger partial charge in [-0.3, -0.25) is 4.57 Å². The van der Waals surface area contributed by atoms with Crippen LogP contribution < -0.4 is 5.73 Å². The zero-order chi connectivity index (χ0) is 15.1. The summed E-state index contributed by atoms with van der Waals surface area (Å²) in [7, 11) is 0. The molecule has 2 aromatic rings. The summed E-state index contributed by atoms with van der Waals surface area (Å²) < 4.78 is 39.2. The highest BCUT2D eigenvalue weighted by Gasteiger charge is 2.30. The third-order valence-corrected chi connectivity index (χ3v) is 3.31. The number of benzene rings is 1. The number of anilines is 1. The van der Waals surface area contributed by atoms with E-state index >= 15 is 0 Å². The summed E-state index contributed by atoms with van der Waals surface area (Å²) in [5.41, 5.74) is 7.48. The minimum atomic E-state index is -4.37. The molecule has 0 unspecified atom stereocenters. The van der Waals surface area contributed by atoms with Crippen molar-refractivity contribution in [3.05, 3.63) is 46.6 Å². The first-order valence-corrected chi connectivity index (χ1v) is 5.82. The van der Waals surface area contributed by atoms with Crippen molar-refractivity contribution in [3.8, 4) is 11.8 Å². The first kappa shape index (κ1) is 14.0. The molecule has 0 saturated heterocycles. The molecule has 0 spiro atoms. The Hall–Kier alpha value is -2.42. The maximum absolute atomic E-state index is 12.5. The van der Waals surface area contributed by atoms with E-state index in [-0.39, 0.29) is 5.82 Å². The van der Waals surface area contributed by atoms with Gasteiger partial charge in [-0.05, 0) is 43.7 Å². The Morgan fingerprint density at radius 1 is 1.15 bits per heavy atom. The monoisotopic (exact) mass is 279 g/mol. The molecule has 1 aromatic heterocycles. The summed E-state index contributed by atoms with van der Waals surface area (Å²) in [6, 6.07) is 6.68. The van der Waals surface area contributed by atoms with Gasteiger partial charge in [0.15, 0.2) is 0 Å². The number of nitrogens with two attached hydrogens (primary N) is 1. The quantitative estimate of drug-likeness (QED) is 0.867. The number of rotatable bonds is 1. The maximum Gasteiger partial charge on any atom is 0.416 e. The Labute approximate surface area is 114 Å². The molecule has 0 aliphatic heterocycles. The van der Waals surface area contributed by atoms with Gasteiger partial charge in [-0.25, -0.2) is 0 Å². The molecule has 3 nitrogen and oxygen atoms in total. The lowest BCUT2D eigenvalue weighted by atomic mass is 10.2. The lowest BCUT2D eigenvalue weighted by molar-refractivity contribution is -0.137. The van der Waals surface area contributed by atoms with Crippen LogP contribution in [0.4, 0.5) is 19.0 Å². The molecule has 0 aliphatic carbocycles. The average molecular weight is 279 g/mol. The lowest BCUT2D eigenvalue weighted by Gasteiger charge is -2.11. The van der Waals surface area contributed by atoms with Crippen molar-refractivity contribution in [2.45, 2.75) is 20.0 Å². The van der Waals surface area contributed by atoms with Crippen molar-refractivity contribution in [1.29, 1.82) is 5.26 Å². The van der Waals surface area contributed by atoms with Crippen LogP contribution in [0.3, 0.4) is 0 Å². The SMILES string of the molecule is Cc1c(C#N)c(N)n(-c2ccc(C(F)(F)F)cc2)c1C. The predicted octanol–water partition coefficient (Wildman–Crippen LogP) is 3.57. The molecule has 20 heavy (non-hydrogen) atoms. The average Bonchev–Trinajstić information content (AvgIpc) is 2.59. The summed E-state index contributed by atoms with van der Waals surface area (Å²) in [6.45, 7) is 3.52. The Bertz CT molecular complexity index is 688. The minimum Gasteiger partial charge on any atom is -0.384 e. The summed E-state index contributed by atoms with van der Waals surface area (Å²) in [4.78, 5) is 0. The Morgan fingerprint density at radius 2 is 1.70 bits per heavy atom. The fourth-order valence-electron chi connectivity index (χ4n) is 2.11. The van der Waals surface area contributed by atoms with Crippen LogP contribution in [0.25, 0.3) is 5.69 Å². The minimum absolute atomic E-state index is 0.238. The second-order valence-corrected chi connectivity index (χ2v) is 4.46. The van der Waals surface area contributed by atoms with Crippen molar-refractivity contribution < 1.29 is 13.2 Å². The van der Waals surface area contributed by atoms with E-state index < -0.39 is 11.7 Å². The van der Waals surface area contributed by atoms with Gasteiger partial charge in [0.25, 0.3) is 0 Å². The molecule has 0 aliphatic rings. The summed E-state index contributed by atoms with van der Waals surface area (Å²) >= 11 is 0. The zero-order valence-electron chi connectivity index (χ0n) is 10.9. The highest BCUT2D eigenvalue weighted by molar-refractivity contribution is 5.62. The molecule has 2 N–H and O–H groups in total. The molecule has 0 amide bonds. The van der Waals surface area contributed by atoms with Crippen LogP contribution in [0.1, 0.15) is 22.4 Å². The number of nitrogen functional groups attached to an aromatic ring is 1. The number of hydrogen-bond donors (Lipinski definition) is 1. The Morgan fingerprint density at radius 3 is 2.10 bits per heavy atom. The molecule has 6 heteroatoms. The largest absolute Gasteiger partial charge is 0.416 e. The van der Waals surface area contributed by atoms with E-state index in [1.807, 2.05) is 6.07 Å². The molecule has 0 radical (unpaired) electrons. The van der Waals surface area contributed by atoms with E-state index in [0.29, 0.717) is 11.3 Å². The molecular formula is C14H12F3N3. The highest BCUT2D eigenvalue weighted by atomic mass is 19.4. The van der Waals surface area contributed by atoms with E-state index in [1.165, 1.54) is 12.1 Å². The van der Waals surface area contributed by atoms with Gasteiger partial charge in [-0.1, -0.05) is 0 Å². The molecule has 2 rings (SSSR count). The topological polar surface area (TPSA) is 54.7 Å². The highest BCUT2D eigenvalue weighted by Crippen LogP contribution is 2.31. The van der Waals surface area contributed by atoms with Crippen molar-refractivity contribution in [2.24, 2.45) is 0 Å². The number of nitriles is 1. The van der Waals surface area contributed by atoms with Gasteiger partial charge < -0.3 is 5.73 Å². The summed E-state index contributed by atoms with van der Waals surface area (Å²) in [6.07, 6.45) is -4.37. The predicted molar refractivity (Wildman–Crippen MR) is 69.4 cm³/mol. The van der Waals surface area contributed by atoms with Crippen LogP contribution in [0.15, 0.2) is 24.3 Å². The Balaban J connectivity index is 2.57. The molecule has 0 fully saturated rings. The molecule has 0 atom stereocenters. The molecule has 1 heterocycles. The van der Waals surface area contributed by atoms with E-state index in [2.05, 4.69) is 0 Å². The van der Waals surface area contributed by atoms with Crippen LogP contribution >= 0.6 is 0 Å². The van der Waals surface area contributed by atoms with E-state index in [0.717, 1.165) is 23.4 Å². The molecule has 104 valence electrons. The summed E-state index contributed by atoms with van der Waals surface area (Å²) in [5.74, 6) is 0.238. The third kappa shape index (κ3) is 2.11. The van der Waals surface area contributed by atoms with Crippen LogP contribution in [0.2, 0.25) is 0 Å². The van der Waals surface area contributed by atoms with Gasteiger partial charge in [-0.15, -0.1) is 0 Å². The van der Waals surface area contributed by atoms with Gasteiger partial charge in [0.05, 0.1) is 11.1 Å². The molecular weight excluding hydrogens is 267 g/mol. The second kappa shape index (κ2) is 4.60. The normalized spacial score (nSPS) is 11.4.